The number of anilines is 3. The summed E-state index contributed by atoms with van der Waals surface area (Å²) in [5, 5.41) is 0. The van der Waals surface area contributed by atoms with Crippen LogP contribution in [0.5, 0.6) is 34.5 Å². The van der Waals surface area contributed by atoms with Gasteiger partial charge in [-0.25, -0.2) is 0 Å². The van der Waals surface area contributed by atoms with E-state index in [1.807, 2.05) is 146 Å². The molecule has 0 aliphatic carbocycles. The van der Waals surface area contributed by atoms with Crippen LogP contribution in [0.4, 0.5) is 17.1 Å². The lowest BCUT2D eigenvalue weighted by Crippen LogP contribution is -2.10. The molecule has 4 nitrogen and oxygen atoms in total. The Morgan fingerprint density at radius 2 is 0.550 bits per heavy atom. The second-order valence-corrected chi connectivity index (χ2v) is 9.07. The fourth-order valence-corrected chi connectivity index (χ4v) is 4.38. The zero-order valence-electron chi connectivity index (χ0n) is 21.8. The molecule has 6 rings (SSSR count). The lowest BCUT2D eigenvalue weighted by atomic mass is 10.1. The van der Waals surface area contributed by atoms with Gasteiger partial charge in [0.1, 0.15) is 34.5 Å². The summed E-state index contributed by atoms with van der Waals surface area (Å²) in [7, 11) is 0. The summed E-state index contributed by atoms with van der Waals surface area (Å²) >= 11 is 0. The maximum atomic E-state index is 6.17. The summed E-state index contributed by atoms with van der Waals surface area (Å²) in [6.07, 6.45) is 0. The van der Waals surface area contributed by atoms with E-state index in [0.717, 1.165) is 51.6 Å². The summed E-state index contributed by atoms with van der Waals surface area (Å²) in [5.41, 5.74) is 2.80. The number of hydrogen-bond acceptors (Lipinski definition) is 4. The Bertz CT molecular complexity index is 1470. The number of benzene rings is 6. The smallest absolute Gasteiger partial charge is 0.129 e. The van der Waals surface area contributed by atoms with Gasteiger partial charge in [0.05, 0.1) is 0 Å². The first-order chi connectivity index (χ1) is 19.8. The SMILES string of the molecule is c1ccc(Oc2cccc(N(c3cccc(Oc4ccccc4)c3)c3cccc(Oc4ccccc4)c3)c2)cc1. The molecule has 0 unspecified atom stereocenters. The summed E-state index contributed by atoms with van der Waals surface area (Å²) in [5.74, 6) is 4.55. The van der Waals surface area contributed by atoms with E-state index in [4.69, 9.17) is 14.2 Å². The molecule has 194 valence electrons. The first-order valence-corrected chi connectivity index (χ1v) is 13.1. The third kappa shape index (κ3) is 6.14. The highest BCUT2D eigenvalue weighted by Crippen LogP contribution is 2.40. The highest BCUT2D eigenvalue weighted by atomic mass is 16.5. The molecular formula is C36H27NO3. The first-order valence-electron chi connectivity index (χ1n) is 13.1. The molecule has 0 aliphatic rings. The maximum Gasteiger partial charge on any atom is 0.129 e. The molecule has 40 heavy (non-hydrogen) atoms. The van der Waals surface area contributed by atoms with Crippen LogP contribution in [-0.4, -0.2) is 0 Å². The highest BCUT2D eigenvalue weighted by molar-refractivity contribution is 5.78. The topological polar surface area (TPSA) is 30.9 Å². The average Bonchev–Trinajstić information content (AvgIpc) is 3.00. The fourth-order valence-electron chi connectivity index (χ4n) is 4.38. The van der Waals surface area contributed by atoms with Gasteiger partial charge in [0.15, 0.2) is 0 Å². The highest BCUT2D eigenvalue weighted by Gasteiger charge is 2.16. The number of ether oxygens (including phenoxy) is 3. The molecule has 0 radical (unpaired) electrons. The lowest BCUT2D eigenvalue weighted by molar-refractivity contribution is 0.482. The van der Waals surface area contributed by atoms with Crippen molar-refractivity contribution in [1.82, 2.24) is 0 Å². The van der Waals surface area contributed by atoms with Crippen molar-refractivity contribution in [3.8, 4) is 34.5 Å². The Balaban J connectivity index is 1.39. The zero-order chi connectivity index (χ0) is 27.0. The van der Waals surface area contributed by atoms with Gasteiger partial charge in [0.2, 0.25) is 0 Å². The molecule has 0 atom stereocenters. The predicted octanol–water partition coefficient (Wildman–Crippen LogP) is 10.5. The monoisotopic (exact) mass is 521 g/mol. The van der Waals surface area contributed by atoms with E-state index in [2.05, 4.69) is 23.1 Å². The van der Waals surface area contributed by atoms with Crippen molar-refractivity contribution in [2.45, 2.75) is 0 Å². The third-order valence-electron chi connectivity index (χ3n) is 6.16. The van der Waals surface area contributed by atoms with Crippen molar-refractivity contribution in [3.05, 3.63) is 164 Å². The number of rotatable bonds is 9. The summed E-state index contributed by atoms with van der Waals surface area (Å²) in [4.78, 5) is 2.16. The van der Waals surface area contributed by atoms with Crippen molar-refractivity contribution in [2.24, 2.45) is 0 Å². The van der Waals surface area contributed by atoms with E-state index in [0.29, 0.717) is 0 Å². The Labute approximate surface area is 234 Å². The van der Waals surface area contributed by atoms with Gasteiger partial charge >= 0.3 is 0 Å². The van der Waals surface area contributed by atoms with E-state index in [1.165, 1.54) is 0 Å². The van der Waals surface area contributed by atoms with Crippen molar-refractivity contribution in [3.63, 3.8) is 0 Å². The number of hydrogen-bond donors (Lipinski definition) is 0. The molecular weight excluding hydrogens is 494 g/mol. The van der Waals surface area contributed by atoms with Crippen LogP contribution in [0.3, 0.4) is 0 Å². The molecule has 0 saturated carbocycles. The van der Waals surface area contributed by atoms with Crippen LogP contribution < -0.4 is 19.1 Å². The first kappa shape index (κ1) is 24.8. The van der Waals surface area contributed by atoms with E-state index >= 15 is 0 Å². The van der Waals surface area contributed by atoms with Gasteiger partial charge in [-0.1, -0.05) is 72.8 Å². The van der Waals surface area contributed by atoms with Gasteiger partial charge in [-0.05, 0) is 72.8 Å². The van der Waals surface area contributed by atoms with Crippen LogP contribution in [0.2, 0.25) is 0 Å². The minimum absolute atomic E-state index is 0.738. The molecule has 0 fully saturated rings. The molecule has 0 N–H and O–H groups in total. The van der Waals surface area contributed by atoms with Crippen molar-refractivity contribution >= 4 is 17.1 Å². The second kappa shape index (κ2) is 11.9. The summed E-state index contributed by atoms with van der Waals surface area (Å²) in [6.45, 7) is 0. The van der Waals surface area contributed by atoms with Crippen LogP contribution in [0.25, 0.3) is 0 Å². The van der Waals surface area contributed by atoms with Gasteiger partial charge in [-0.3, -0.25) is 0 Å². The van der Waals surface area contributed by atoms with Gasteiger partial charge < -0.3 is 19.1 Å². The van der Waals surface area contributed by atoms with Crippen LogP contribution in [0.1, 0.15) is 0 Å². The second-order valence-electron chi connectivity index (χ2n) is 9.07. The van der Waals surface area contributed by atoms with Crippen LogP contribution in [0.15, 0.2) is 164 Å². The lowest BCUT2D eigenvalue weighted by Gasteiger charge is -2.26. The van der Waals surface area contributed by atoms with Crippen molar-refractivity contribution in [2.75, 3.05) is 4.90 Å². The third-order valence-corrected chi connectivity index (χ3v) is 6.16. The predicted molar refractivity (Wildman–Crippen MR) is 161 cm³/mol. The van der Waals surface area contributed by atoms with Crippen LogP contribution in [0, 0.1) is 0 Å². The van der Waals surface area contributed by atoms with E-state index in [9.17, 15) is 0 Å². The van der Waals surface area contributed by atoms with Gasteiger partial charge in [0.25, 0.3) is 0 Å². The standard InChI is InChI=1S/C36H27NO3/c1-4-16-31(17-5-1)38-34-22-10-13-28(25-34)37(29-14-11-23-35(26-29)39-32-18-6-2-7-19-32)30-15-12-24-36(27-30)40-33-20-8-3-9-21-33/h1-27H. The molecule has 0 heterocycles. The van der Waals surface area contributed by atoms with Crippen molar-refractivity contribution in [1.29, 1.82) is 0 Å². The molecule has 0 spiro atoms. The fraction of sp³-hybridized carbons (Fsp3) is 0. The number of para-hydroxylation sites is 3. The Hall–Kier alpha value is -5.48. The summed E-state index contributed by atoms with van der Waals surface area (Å²) < 4.78 is 18.5. The summed E-state index contributed by atoms with van der Waals surface area (Å²) in [6, 6.07) is 53.5. The minimum Gasteiger partial charge on any atom is -0.457 e. The van der Waals surface area contributed by atoms with Gasteiger partial charge in [-0.15, -0.1) is 0 Å². The molecule has 0 bridgehead atoms. The van der Waals surface area contributed by atoms with Crippen LogP contribution >= 0.6 is 0 Å². The number of nitrogens with zero attached hydrogens (tertiary/aromatic N) is 1. The van der Waals surface area contributed by atoms with E-state index in [-0.39, 0.29) is 0 Å². The normalized spacial score (nSPS) is 10.5. The quantitative estimate of drug-likeness (QED) is 0.189. The zero-order valence-corrected chi connectivity index (χ0v) is 21.8. The van der Waals surface area contributed by atoms with Crippen molar-refractivity contribution < 1.29 is 14.2 Å². The Morgan fingerprint density at radius 1 is 0.275 bits per heavy atom. The minimum atomic E-state index is 0.738. The Kier molecular flexibility index (Phi) is 7.40. The largest absolute Gasteiger partial charge is 0.457 e. The molecule has 0 aromatic heterocycles. The maximum absolute atomic E-state index is 6.17. The van der Waals surface area contributed by atoms with Gasteiger partial charge in [-0.2, -0.15) is 0 Å². The molecule has 6 aromatic rings. The molecule has 0 amide bonds. The van der Waals surface area contributed by atoms with E-state index < -0.39 is 0 Å². The Morgan fingerprint density at radius 3 is 0.850 bits per heavy atom. The molecule has 0 saturated heterocycles. The molecule has 6 aromatic carbocycles. The van der Waals surface area contributed by atoms with Gasteiger partial charge in [0, 0.05) is 35.3 Å². The average molecular weight is 522 g/mol. The molecule has 0 aliphatic heterocycles. The van der Waals surface area contributed by atoms with Crippen LogP contribution in [-0.2, 0) is 0 Å². The van der Waals surface area contributed by atoms with E-state index in [1.54, 1.807) is 0 Å². The molecule has 4 heteroatoms.